The second-order valence-corrected chi connectivity index (χ2v) is 5.60. The molecule has 3 aromatic rings. The highest BCUT2D eigenvalue weighted by atomic mass is 32.1. The van der Waals surface area contributed by atoms with Crippen LogP contribution in [0.2, 0.25) is 0 Å². The number of hydrogen-bond donors (Lipinski definition) is 1. The molecule has 1 aromatic heterocycles. The van der Waals surface area contributed by atoms with E-state index < -0.39 is 5.97 Å². The molecule has 0 saturated carbocycles. The van der Waals surface area contributed by atoms with E-state index in [9.17, 15) is 4.79 Å². The molecular formula is C18H14O2S. The van der Waals surface area contributed by atoms with E-state index in [4.69, 9.17) is 5.11 Å². The lowest BCUT2D eigenvalue weighted by molar-refractivity contribution is 0.0696. The molecule has 0 amide bonds. The number of thiophene rings is 1. The molecule has 0 saturated heterocycles. The molecule has 0 atom stereocenters. The summed E-state index contributed by atoms with van der Waals surface area (Å²) >= 11 is 1.43. The summed E-state index contributed by atoms with van der Waals surface area (Å²) in [7, 11) is 0. The van der Waals surface area contributed by atoms with Crippen LogP contribution in [-0.4, -0.2) is 11.1 Å². The molecule has 0 bridgehead atoms. The van der Waals surface area contributed by atoms with Gasteiger partial charge in [0.25, 0.3) is 0 Å². The largest absolute Gasteiger partial charge is 0.478 e. The van der Waals surface area contributed by atoms with Gasteiger partial charge in [0.15, 0.2) is 0 Å². The van der Waals surface area contributed by atoms with Crippen LogP contribution in [0.25, 0.3) is 11.1 Å². The molecule has 104 valence electrons. The maximum Gasteiger partial charge on any atom is 0.336 e. The van der Waals surface area contributed by atoms with E-state index in [1.807, 2.05) is 23.6 Å². The van der Waals surface area contributed by atoms with Crippen LogP contribution in [0.15, 0.2) is 65.4 Å². The molecule has 0 fully saturated rings. The van der Waals surface area contributed by atoms with Crippen molar-refractivity contribution in [2.75, 3.05) is 0 Å². The summed E-state index contributed by atoms with van der Waals surface area (Å²) in [6.07, 6.45) is 0.653. The molecule has 0 aliphatic carbocycles. The first-order chi connectivity index (χ1) is 10.2. The highest BCUT2D eigenvalue weighted by Gasteiger charge is 2.11. The third kappa shape index (κ3) is 3.03. The van der Waals surface area contributed by atoms with Crippen LogP contribution in [0.3, 0.4) is 0 Å². The van der Waals surface area contributed by atoms with Crippen LogP contribution in [0.5, 0.6) is 0 Å². The van der Waals surface area contributed by atoms with Gasteiger partial charge < -0.3 is 5.11 Å². The van der Waals surface area contributed by atoms with Gasteiger partial charge in [0.05, 0.1) is 5.56 Å². The van der Waals surface area contributed by atoms with Crippen LogP contribution in [0.4, 0.5) is 0 Å². The summed E-state index contributed by atoms with van der Waals surface area (Å²) in [6.45, 7) is 0. The standard InChI is InChI=1S/C18H14O2S/c19-18(20)17-12-21-11-16(17)10-13-6-8-15(9-7-13)14-4-2-1-3-5-14/h1-9,11-12H,10H2,(H,19,20). The van der Waals surface area contributed by atoms with Crippen LogP contribution in [0, 0.1) is 0 Å². The van der Waals surface area contributed by atoms with Crippen LogP contribution in [0.1, 0.15) is 21.5 Å². The fourth-order valence-electron chi connectivity index (χ4n) is 2.31. The van der Waals surface area contributed by atoms with Crippen molar-refractivity contribution in [3.8, 4) is 11.1 Å². The molecule has 0 radical (unpaired) electrons. The topological polar surface area (TPSA) is 37.3 Å². The first-order valence-corrected chi connectivity index (χ1v) is 7.61. The van der Waals surface area contributed by atoms with E-state index >= 15 is 0 Å². The highest BCUT2D eigenvalue weighted by molar-refractivity contribution is 7.08. The summed E-state index contributed by atoms with van der Waals surface area (Å²) in [4.78, 5) is 11.1. The number of carbonyl (C=O) groups is 1. The van der Waals surface area contributed by atoms with E-state index in [1.54, 1.807) is 5.38 Å². The van der Waals surface area contributed by atoms with Crippen LogP contribution in [-0.2, 0) is 6.42 Å². The summed E-state index contributed by atoms with van der Waals surface area (Å²) in [6, 6.07) is 18.5. The first kappa shape index (κ1) is 13.6. The van der Waals surface area contributed by atoms with Crippen LogP contribution >= 0.6 is 11.3 Å². The van der Waals surface area contributed by atoms with Gasteiger partial charge >= 0.3 is 5.97 Å². The molecule has 0 unspecified atom stereocenters. The molecule has 3 rings (SSSR count). The van der Waals surface area contributed by atoms with Gasteiger partial charge in [0.2, 0.25) is 0 Å². The van der Waals surface area contributed by atoms with Crippen molar-refractivity contribution < 1.29 is 9.90 Å². The minimum Gasteiger partial charge on any atom is -0.478 e. The summed E-state index contributed by atoms with van der Waals surface area (Å²) in [5, 5.41) is 12.7. The van der Waals surface area contributed by atoms with Gasteiger partial charge in [-0.05, 0) is 34.1 Å². The van der Waals surface area contributed by atoms with Gasteiger partial charge in [-0.15, -0.1) is 0 Å². The number of rotatable bonds is 4. The molecule has 0 aliphatic rings. The number of benzene rings is 2. The lowest BCUT2D eigenvalue weighted by Gasteiger charge is -2.05. The van der Waals surface area contributed by atoms with Gasteiger partial charge in [-0.25, -0.2) is 4.79 Å². The third-order valence-corrected chi connectivity index (χ3v) is 4.22. The van der Waals surface area contributed by atoms with E-state index in [1.165, 1.54) is 22.5 Å². The maximum atomic E-state index is 11.1. The fourth-order valence-corrected chi connectivity index (χ4v) is 3.14. The molecule has 0 spiro atoms. The van der Waals surface area contributed by atoms with Gasteiger partial charge in [-0.3, -0.25) is 0 Å². The number of carboxylic acid groups (broad SMARTS) is 1. The Hall–Kier alpha value is -2.39. The summed E-state index contributed by atoms with van der Waals surface area (Å²) in [5.74, 6) is -0.854. The molecule has 1 heterocycles. The van der Waals surface area contributed by atoms with Gasteiger partial charge in [0.1, 0.15) is 0 Å². The molecule has 2 aromatic carbocycles. The van der Waals surface area contributed by atoms with Gasteiger partial charge in [-0.1, -0.05) is 54.6 Å². The summed E-state index contributed by atoms with van der Waals surface area (Å²) < 4.78 is 0. The predicted octanol–water partition coefficient (Wildman–Crippen LogP) is 4.70. The van der Waals surface area contributed by atoms with Crippen molar-refractivity contribution in [1.82, 2.24) is 0 Å². The molecule has 1 N–H and O–H groups in total. The lowest BCUT2D eigenvalue weighted by Crippen LogP contribution is -1.99. The highest BCUT2D eigenvalue weighted by Crippen LogP contribution is 2.22. The zero-order valence-electron chi connectivity index (χ0n) is 11.3. The number of hydrogen-bond acceptors (Lipinski definition) is 2. The van der Waals surface area contributed by atoms with Crippen molar-refractivity contribution in [1.29, 1.82) is 0 Å². The average Bonchev–Trinajstić information content (AvgIpc) is 2.97. The Morgan fingerprint density at radius 3 is 2.24 bits per heavy atom. The van der Waals surface area contributed by atoms with Crippen molar-refractivity contribution in [2.24, 2.45) is 0 Å². The van der Waals surface area contributed by atoms with E-state index in [-0.39, 0.29) is 0 Å². The Balaban J connectivity index is 1.82. The van der Waals surface area contributed by atoms with Gasteiger partial charge in [-0.2, -0.15) is 11.3 Å². The number of aromatic carboxylic acids is 1. The van der Waals surface area contributed by atoms with Crippen molar-refractivity contribution in [3.05, 3.63) is 82.0 Å². The molecule has 3 heteroatoms. The Kier molecular flexibility index (Phi) is 3.84. The molecule has 0 aliphatic heterocycles. The minimum absolute atomic E-state index is 0.409. The van der Waals surface area contributed by atoms with Crippen molar-refractivity contribution in [3.63, 3.8) is 0 Å². The Bertz CT molecular complexity index is 742. The van der Waals surface area contributed by atoms with E-state index in [0.717, 1.165) is 11.1 Å². The number of carboxylic acids is 1. The average molecular weight is 294 g/mol. The molecular weight excluding hydrogens is 280 g/mol. The quantitative estimate of drug-likeness (QED) is 0.757. The maximum absolute atomic E-state index is 11.1. The first-order valence-electron chi connectivity index (χ1n) is 6.67. The second-order valence-electron chi connectivity index (χ2n) is 4.86. The Labute approximate surface area is 127 Å². The SMILES string of the molecule is O=C(O)c1cscc1Cc1ccc(-c2ccccc2)cc1. The van der Waals surface area contributed by atoms with E-state index in [0.29, 0.717) is 12.0 Å². The fraction of sp³-hybridized carbons (Fsp3) is 0.0556. The minimum atomic E-state index is -0.854. The smallest absolute Gasteiger partial charge is 0.336 e. The Morgan fingerprint density at radius 1 is 0.905 bits per heavy atom. The molecule has 2 nitrogen and oxygen atoms in total. The zero-order chi connectivity index (χ0) is 14.7. The summed E-state index contributed by atoms with van der Waals surface area (Å²) in [5.41, 5.74) is 4.76. The predicted molar refractivity (Wildman–Crippen MR) is 86.0 cm³/mol. The van der Waals surface area contributed by atoms with Crippen LogP contribution < -0.4 is 0 Å². The normalized spacial score (nSPS) is 10.5. The lowest BCUT2D eigenvalue weighted by atomic mass is 10.00. The van der Waals surface area contributed by atoms with E-state index in [2.05, 4.69) is 36.4 Å². The zero-order valence-corrected chi connectivity index (χ0v) is 12.1. The monoisotopic (exact) mass is 294 g/mol. The van der Waals surface area contributed by atoms with Gasteiger partial charge in [0, 0.05) is 5.38 Å². The molecule has 21 heavy (non-hydrogen) atoms. The second kappa shape index (κ2) is 5.94. The third-order valence-electron chi connectivity index (χ3n) is 3.43. The Morgan fingerprint density at radius 2 is 1.57 bits per heavy atom. The van der Waals surface area contributed by atoms with Crippen molar-refractivity contribution in [2.45, 2.75) is 6.42 Å². The van der Waals surface area contributed by atoms with Crippen molar-refractivity contribution >= 4 is 17.3 Å².